The zero-order valence-corrected chi connectivity index (χ0v) is 11.8. The highest BCUT2D eigenvalue weighted by Crippen LogP contribution is 2.22. The smallest absolute Gasteiger partial charge is 0.217 e. The molecule has 0 aliphatic heterocycles. The Bertz CT molecular complexity index is 591. The van der Waals surface area contributed by atoms with Gasteiger partial charge in [0.15, 0.2) is 0 Å². The number of benzene rings is 2. The topological polar surface area (TPSA) is 89.3 Å². The molecule has 2 rings (SSSR count). The minimum absolute atomic E-state index is 0.306. The molecule has 0 saturated heterocycles. The van der Waals surface area contributed by atoms with Crippen molar-refractivity contribution in [2.24, 2.45) is 11.5 Å². The molecule has 0 heterocycles. The normalized spacial score (nSPS) is 12.1. The van der Waals surface area contributed by atoms with Crippen molar-refractivity contribution < 1.29 is 9.90 Å². The summed E-state index contributed by atoms with van der Waals surface area (Å²) in [7, 11) is 0. The van der Waals surface area contributed by atoms with Crippen molar-refractivity contribution >= 4 is 5.91 Å². The molecular weight excluding hydrogens is 264 g/mol. The summed E-state index contributed by atoms with van der Waals surface area (Å²) in [6.07, 6.45) is 0.293. The molecule has 1 amide bonds. The second-order valence-corrected chi connectivity index (χ2v) is 5.06. The van der Waals surface area contributed by atoms with Crippen molar-refractivity contribution in [1.29, 1.82) is 0 Å². The first-order valence-corrected chi connectivity index (χ1v) is 6.94. The van der Waals surface area contributed by atoms with Crippen LogP contribution in [-0.4, -0.2) is 11.0 Å². The van der Waals surface area contributed by atoms with Crippen molar-refractivity contribution in [1.82, 2.24) is 0 Å². The molecule has 110 valence electrons. The van der Waals surface area contributed by atoms with E-state index in [9.17, 15) is 9.90 Å². The van der Waals surface area contributed by atoms with Gasteiger partial charge in [0.05, 0.1) is 0 Å². The number of nitrogens with two attached hydrogens (primary N) is 2. The van der Waals surface area contributed by atoms with Gasteiger partial charge in [-0.25, -0.2) is 0 Å². The number of rotatable bonds is 6. The summed E-state index contributed by atoms with van der Waals surface area (Å²) in [6.45, 7) is 0.491. The summed E-state index contributed by atoms with van der Waals surface area (Å²) in [4.78, 5) is 10.8. The number of aryl methyl sites for hydroxylation is 1. The number of aliphatic hydroxyl groups excluding tert-OH is 1. The molecule has 0 saturated carbocycles. The fourth-order valence-corrected chi connectivity index (χ4v) is 2.16. The predicted molar refractivity (Wildman–Crippen MR) is 82.4 cm³/mol. The van der Waals surface area contributed by atoms with Gasteiger partial charge in [0.1, 0.15) is 6.10 Å². The van der Waals surface area contributed by atoms with Crippen molar-refractivity contribution in [3.63, 3.8) is 0 Å². The number of amides is 1. The summed E-state index contributed by atoms with van der Waals surface area (Å²) in [5.41, 5.74) is 14.4. The molecule has 0 aromatic heterocycles. The van der Waals surface area contributed by atoms with Gasteiger partial charge >= 0.3 is 0 Å². The summed E-state index contributed by atoms with van der Waals surface area (Å²) < 4.78 is 0. The van der Waals surface area contributed by atoms with Gasteiger partial charge in [0.2, 0.25) is 5.91 Å². The first-order valence-electron chi connectivity index (χ1n) is 6.94. The zero-order valence-electron chi connectivity index (χ0n) is 11.8. The third-order valence-corrected chi connectivity index (χ3v) is 3.49. The maximum Gasteiger partial charge on any atom is 0.217 e. The maximum absolute atomic E-state index is 10.8. The fourth-order valence-electron chi connectivity index (χ4n) is 2.16. The van der Waals surface area contributed by atoms with E-state index in [2.05, 4.69) is 0 Å². The molecule has 4 heteroatoms. The lowest BCUT2D eigenvalue weighted by atomic mass is 9.98. The quantitative estimate of drug-likeness (QED) is 0.753. The second kappa shape index (κ2) is 7.02. The number of primary amides is 1. The van der Waals surface area contributed by atoms with Crippen LogP contribution in [0.15, 0.2) is 48.5 Å². The lowest BCUT2D eigenvalue weighted by Crippen LogP contribution is -2.11. The van der Waals surface area contributed by atoms with Gasteiger partial charge in [-0.1, -0.05) is 48.5 Å². The Labute approximate surface area is 124 Å². The molecule has 2 aromatic rings. The Morgan fingerprint density at radius 3 is 1.86 bits per heavy atom. The molecule has 5 N–H and O–H groups in total. The average Bonchev–Trinajstić information content (AvgIpc) is 2.53. The summed E-state index contributed by atoms with van der Waals surface area (Å²) >= 11 is 0. The van der Waals surface area contributed by atoms with Crippen LogP contribution in [0.2, 0.25) is 0 Å². The van der Waals surface area contributed by atoms with Crippen LogP contribution in [0.1, 0.15) is 34.8 Å². The van der Waals surface area contributed by atoms with E-state index in [0.29, 0.717) is 19.4 Å². The monoisotopic (exact) mass is 284 g/mol. The standard InChI is InChI=1S/C17H20N2O2/c18-11-13-3-8-15(9-4-13)17(21)14-6-1-12(2-7-14)5-10-16(19)20/h1-4,6-9,17,21H,5,10-11,18H2,(H2,19,20). The second-order valence-electron chi connectivity index (χ2n) is 5.06. The van der Waals surface area contributed by atoms with Gasteiger partial charge in [0.25, 0.3) is 0 Å². The summed E-state index contributed by atoms with van der Waals surface area (Å²) in [5.74, 6) is -0.306. The van der Waals surface area contributed by atoms with E-state index in [1.165, 1.54) is 0 Å². The molecule has 21 heavy (non-hydrogen) atoms. The molecule has 1 atom stereocenters. The van der Waals surface area contributed by atoms with Crippen LogP contribution in [-0.2, 0) is 17.8 Å². The molecular formula is C17H20N2O2. The molecule has 0 aliphatic rings. The molecule has 0 spiro atoms. The first-order chi connectivity index (χ1) is 10.1. The number of carbonyl (C=O) groups excluding carboxylic acids is 1. The molecule has 1 unspecified atom stereocenters. The number of carbonyl (C=O) groups is 1. The third kappa shape index (κ3) is 4.15. The van der Waals surface area contributed by atoms with Crippen LogP contribution in [0.5, 0.6) is 0 Å². The van der Waals surface area contributed by atoms with E-state index >= 15 is 0 Å². The Kier molecular flexibility index (Phi) is 5.09. The van der Waals surface area contributed by atoms with E-state index in [-0.39, 0.29) is 5.91 Å². The summed E-state index contributed by atoms with van der Waals surface area (Å²) in [6, 6.07) is 15.2. The van der Waals surface area contributed by atoms with Crippen molar-refractivity contribution in [3.8, 4) is 0 Å². The van der Waals surface area contributed by atoms with Gasteiger partial charge in [-0.05, 0) is 28.7 Å². The van der Waals surface area contributed by atoms with Crippen molar-refractivity contribution in [2.45, 2.75) is 25.5 Å². The molecule has 0 fully saturated rings. The Morgan fingerprint density at radius 2 is 1.43 bits per heavy atom. The Hall–Kier alpha value is -2.17. The Balaban J connectivity index is 2.07. The zero-order chi connectivity index (χ0) is 15.2. The highest BCUT2D eigenvalue weighted by molar-refractivity contribution is 5.74. The SMILES string of the molecule is NCc1ccc(C(O)c2ccc(CCC(N)=O)cc2)cc1. The lowest BCUT2D eigenvalue weighted by molar-refractivity contribution is -0.117. The molecule has 0 bridgehead atoms. The van der Waals surface area contributed by atoms with Crippen LogP contribution in [0.4, 0.5) is 0 Å². The minimum Gasteiger partial charge on any atom is -0.384 e. The van der Waals surface area contributed by atoms with Gasteiger partial charge in [-0.3, -0.25) is 4.79 Å². The minimum atomic E-state index is -0.665. The highest BCUT2D eigenvalue weighted by Gasteiger charge is 2.10. The highest BCUT2D eigenvalue weighted by atomic mass is 16.3. The van der Waals surface area contributed by atoms with E-state index in [1.54, 1.807) is 0 Å². The van der Waals surface area contributed by atoms with Crippen LogP contribution in [0.25, 0.3) is 0 Å². The average molecular weight is 284 g/mol. The van der Waals surface area contributed by atoms with Crippen LogP contribution < -0.4 is 11.5 Å². The van der Waals surface area contributed by atoms with Gasteiger partial charge in [0, 0.05) is 13.0 Å². The molecule has 0 aliphatic carbocycles. The maximum atomic E-state index is 10.8. The van der Waals surface area contributed by atoms with Gasteiger partial charge in [-0.15, -0.1) is 0 Å². The number of aliphatic hydroxyl groups is 1. The molecule has 4 nitrogen and oxygen atoms in total. The van der Waals surface area contributed by atoms with E-state index in [0.717, 1.165) is 22.3 Å². The number of hydrogen-bond acceptors (Lipinski definition) is 3. The van der Waals surface area contributed by atoms with E-state index in [4.69, 9.17) is 11.5 Å². The van der Waals surface area contributed by atoms with E-state index in [1.807, 2.05) is 48.5 Å². The van der Waals surface area contributed by atoms with Crippen LogP contribution >= 0.6 is 0 Å². The largest absolute Gasteiger partial charge is 0.384 e. The van der Waals surface area contributed by atoms with Gasteiger partial charge in [-0.2, -0.15) is 0 Å². The van der Waals surface area contributed by atoms with Gasteiger partial charge < -0.3 is 16.6 Å². The summed E-state index contributed by atoms with van der Waals surface area (Å²) in [5, 5.41) is 10.4. The van der Waals surface area contributed by atoms with Crippen molar-refractivity contribution in [3.05, 3.63) is 70.8 Å². The number of hydrogen-bond donors (Lipinski definition) is 3. The van der Waals surface area contributed by atoms with E-state index < -0.39 is 6.10 Å². The van der Waals surface area contributed by atoms with Crippen LogP contribution in [0.3, 0.4) is 0 Å². The lowest BCUT2D eigenvalue weighted by Gasteiger charge is -2.12. The third-order valence-electron chi connectivity index (χ3n) is 3.49. The molecule has 2 aromatic carbocycles. The molecule has 0 radical (unpaired) electrons. The van der Waals surface area contributed by atoms with Crippen LogP contribution in [0, 0.1) is 0 Å². The predicted octanol–water partition coefficient (Wildman–Crippen LogP) is 1.64. The first kappa shape index (κ1) is 15.2. The fraction of sp³-hybridized carbons (Fsp3) is 0.235. The Morgan fingerprint density at radius 1 is 0.952 bits per heavy atom. The van der Waals surface area contributed by atoms with Crippen molar-refractivity contribution in [2.75, 3.05) is 0 Å².